The van der Waals surface area contributed by atoms with Crippen molar-refractivity contribution in [2.45, 2.75) is 30.5 Å². The van der Waals surface area contributed by atoms with Crippen LogP contribution < -0.4 is 0 Å². The van der Waals surface area contributed by atoms with Crippen LogP contribution in [0.25, 0.3) is 0 Å². The maximum Gasteiger partial charge on any atom is 0.409 e. The van der Waals surface area contributed by atoms with Crippen LogP contribution >= 0.6 is 15.9 Å². The Labute approximate surface area is 108 Å². The normalized spacial score (nSPS) is 14.8. The highest BCUT2D eigenvalue weighted by Gasteiger charge is 2.61. The van der Waals surface area contributed by atoms with Crippen molar-refractivity contribution in [1.29, 1.82) is 0 Å². The molecule has 0 aliphatic carbocycles. The van der Waals surface area contributed by atoms with Crippen LogP contribution in [0.15, 0.2) is 0 Å². The van der Waals surface area contributed by atoms with Gasteiger partial charge >= 0.3 is 12.4 Å². The van der Waals surface area contributed by atoms with Crippen LogP contribution in [-0.2, 0) is 4.79 Å². The quantitative estimate of drug-likeness (QED) is 0.566. The van der Waals surface area contributed by atoms with Gasteiger partial charge in [0.25, 0.3) is 0 Å². The first-order valence-electron chi connectivity index (χ1n) is 4.89. The Kier molecular flexibility index (Phi) is 5.96. The molecule has 2 nitrogen and oxygen atoms in total. The lowest BCUT2D eigenvalue weighted by atomic mass is 10.1. The van der Waals surface area contributed by atoms with Crippen LogP contribution in [0.3, 0.4) is 0 Å². The van der Waals surface area contributed by atoms with Crippen LogP contribution in [0, 0.1) is 5.92 Å². The van der Waals surface area contributed by atoms with Gasteiger partial charge in [0.1, 0.15) is 0 Å². The van der Waals surface area contributed by atoms with Crippen molar-refractivity contribution in [3.05, 3.63) is 0 Å². The van der Waals surface area contributed by atoms with Crippen molar-refractivity contribution >= 4 is 21.8 Å². The molecular formula is C9H12BrF6NO. The minimum Gasteiger partial charge on any atom is -0.345 e. The molecule has 1 unspecified atom stereocenters. The maximum atomic E-state index is 12.2. The maximum absolute atomic E-state index is 12.2. The van der Waals surface area contributed by atoms with E-state index in [-0.39, 0.29) is 17.8 Å². The molecule has 1 atom stereocenters. The first kappa shape index (κ1) is 17.5. The molecule has 9 heteroatoms. The van der Waals surface area contributed by atoms with Crippen molar-refractivity contribution < 1.29 is 31.1 Å². The molecule has 0 N–H and O–H groups in total. The van der Waals surface area contributed by atoms with Gasteiger partial charge in [0.05, 0.1) is 0 Å². The summed E-state index contributed by atoms with van der Waals surface area (Å²) in [6.07, 6.45) is -11.0. The van der Waals surface area contributed by atoms with Crippen molar-refractivity contribution in [2.24, 2.45) is 5.92 Å². The third kappa shape index (κ3) is 5.45. The van der Waals surface area contributed by atoms with Gasteiger partial charge in [0, 0.05) is 18.4 Å². The highest BCUT2D eigenvalue weighted by atomic mass is 79.9. The van der Waals surface area contributed by atoms with E-state index < -0.39 is 24.2 Å². The topological polar surface area (TPSA) is 20.3 Å². The summed E-state index contributed by atoms with van der Waals surface area (Å²) in [5, 5.41) is 0. The third-order valence-corrected chi connectivity index (χ3v) is 2.60. The van der Waals surface area contributed by atoms with E-state index >= 15 is 0 Å². The van der Waals surface area contributed by atoms with Crippen LogP contribution in [0.4, 0.5) is 26.3 Å². The fraction of sp³-hybridized carbons (Fsp3) is 0.889. The van der Waals surface area contributed by atoms with Gasteiger partial charge in [-0.15, -0.1) is 0 Å². The number of amides is 1. The van der Waals surface area contributed by atoms with Crippen molar-refractivity contribution in [3.63, 3.8) is 0 Å². The van der Waals surface area contributed by atoms with Crippen molar-refractivity contribution in [2.75, 3.05) is 13.6 Å². The molecule has 1 amide bonds. The van der Waals surface area contributed by atoms with Gasteiger partial charge in [0.15, 0.2) is 0 Å². The average Bonchev–Trinajstić information content (AvgIpc) is 2.08. The van der Waals surface area contributed by atoms with E-state index in [1.807, 2.05) is 0 Å². The summed E-state index contributed by atoms with van der Waals surface area (Å²) in [4.78, 5) is 11.6. The van der Waals surface area contributed by atoms with Crippen LogP contribution in [0.2, 0.25) is 0 Å². The molecule has 0 aromatic carbocycles. The Balaban J connectivity index is 4.88. The van der Waals surface area contributed by atoms with E-state index in [4.69, 9.17) is 0 Å². The van der Waals surface area contributed by atoms with E-state index in [0.29, 0.717) is 4.90 Å². The standard InChI is InChI=1S/C9H12BrF6NO/c1-5(10)3-4-17(2)7(18)6(8(11,12)13)9(14,15)16/h5-6H,3-4H2,1-2H3. The lowest BCUT2D eigenvalue weighted by molar-refractivity contribution is -0.277. The number of halogens is 7. The first-order chi connectivity index (χ1) is 7.87. The van der Waals surface area contributed by atoms with E-state index in [9.17, 15) is 31.1 Å². The molecular weight excluding hydrogens is 332 g/mol. The Morgan fingerprint density at radius 2 is 1.56 bits per heavy atom. The van der Waals surface area contributed by atoms with Crippen LogP contribution in [0.5, 0.6) is 0 Å². The van der Waals surface area contributed by atoms with E-state index in [2.05, 4.69) is 15.9 Å². The SMILES string of the molecule is CC(Br)CCN(C)C(=O)C(C(F)(F)F)C(F)(F)F. The number of carbonyl (C=O) groups is 1. The Bertz CT molecular complexity index is 274. The summed E-state index contributed by atoms with van der Waals surface area (Å²) < 4.78 is 73.5. The summed E-state index contributed by atoms with van der Waals surface area (Å²) in [6.45, 7) is 1.48. The lowest BCUT2D eigenvalue weighted by Crippen LogP contribution is -2.48. The number of rotatable bonds is 4. The third-order valence-electron chi connectivity index (χ3n) is 2.14. The van der Waals surface area contributed by atoms with Gasteiger partial charge in [-0.05, 0) is 6.42 Å². The van der Waals surface area contributed by atoms with Crippen molar-refractivity contribution in [3.8, 4) is 0 Å². The molecule has 18 heavy (non-hydrogen) atoms. The molecule has 0 radical (unpaired) electrons. The largest absolute Gasteiger partial charge is 0.409 e. The molecule has 0 saturated carbocycles. The Hall–Kier alpha value is -0.470. The molecule has 0 aromatic rings. The molecule has 0 bridgehead atoms. The molecule has 0 heterocycles. The second-order valence-corrected chi connectivity index (χ2v) is 5.41. The fourth-order valence-corrected chi connectivity index (χ4v) is 1.37. The highest BCUT2D eigenvalue weighted by molar-refractivity contribution is 9.09. The van der Waals surface area contributed by atoms with Crippen LogP contribution in [0.1, 0.15) is 13.3 Å². The smallest absolute Gasteiger partial charge is 0.345 e. The van der Waals surface area contributed by atoms with E-state index in [0.717, 1.165) is 7.05 Å². The van der Waals surface area contributed by atoms with Gasteiger partial charge < -0.3 is 4.90 Å². The number of nitrogens with zero attached hydrogens (tertiary/aromatic N) is 1. The number of alkyl halides is 7. The van der Waals surface area contributed by atoms with Gasteiger partial charge in [-0.1, -0.05) is 22.9 Å². The zero-order valence-electron chi connectivity index (χ0n) is 9.57. The summed E-state index contributed by atoms with van der Waals surface area (Å²) in [7, 11) is 0.919. The van der Waals surface area contributed by atoms with Gasteiger partial charge in [-0.2, -0.15) is 26.3 Å². The fourth-order valence-electron chi connectivity index (χ4n) is 1.17. The summed E-state index contributed by atoms with van der Waals surface area (Å²) in [5.74, 6) is -5.94. The minimum absolute atomic E-state index is 0.108. The van der Waals surface area contributed by atoms with E-state index in [1.54, 1.807) is 6.92 Å². The van der Waals surface area contributed by atoms with Crippen LogP contribution in [-0.4, -0.2) is 41.6 Å². The predicted octanol–water partition coefficient (Wildman–Crippen LogP) is 3.36. The summed E-state index contributed by atoms with van der Waals surface area (Å²) in [5.41, 5.74) is 0. The lowest BCUT2D eigenvalue weighted by Gasteiger charge is -2.27. The second kappa shape index (κ2) is 6.12. The highest BCUT2D eigenvalue weighted by Crippen LogP contribution is 2.40. The molecule has 0 saturated heterocycles. The second-order valence-electron chi connectivity index (χ2n) is 3.85. The number of hydrogen-bond acceptors (Lipinski definition) is 1. The number of carbonyl (C=O) groups excluding carboxylic acids is 1. The Morgan fingerprint density at radius 3 is 1.83 bits per heavy atom. The van der Waals surface area contributed by atoms with Gasteiger partial charge in [-0.25, -0.2) is 0 Å². The molecule has 0 spiro atoms. The predicted molar refractivity (Wildman–Crippen MR) is 56.2 cm³/mol. The molecule has 0 rings (SSSR count). The molecule has 0 aromatic heterocycles. The molecule has 0 fully saturated rings. The monoisotopic (exact) mass is 343 g/mol. The van der Waals surface area contributed by atoms with E-state index in [1.165, 1.54) is 0 Å². The molecule has 0 aliphatic heterocycles. The van der Waals surface area contributed by atoms with Gasteiger partial charge in [0.2, 0.25) is 11.8 Å². The first-order valence-corrected chi connectivity index (χ1v) is 5.81. The molecule has 108 valence electrons. The molecule has 0 aliphatic rings. The van der Waals surface area contributed by atoms with Crippen molar-refractivity contribution in [1.82, 2.24) is 4.90 Å². The number of hydrogen-bond donors (Lipinski definition) is 0. The van der Waals surface area contributed by atoms with Gasteiger partial charge in [-0.3, -0.25) is 4.79 Å². The minimum atomic E-state index is -5.64. The summed E-state index contributed by atoms with van der Waals surface area (Å²) >= 11 is 3.09. The zero-order chi connectivity index (χ0) is 14.7. The summed E-state index contributed by atoms with van der Waals surface area (Å²) in [6, 6.07) is 0. The average molecular weight is 344 g/mol. The zero-order valence-corrected chi connectivity index (χ0v) is 11.2. The Morgan fingerprint density at radius 1 is 1.17 bits per heavy atom.